The number of sulfonamides is 1. The van der Waals surface area contributed by atoms with Gasteiger partial charge in [0.05, 0.1) is 23.3 Å². The van der Waals surface area contributed by atoms with Crippen LogP contribution in [0.5, 0.6) is 0 Å². The number of fused-ring (bicyclic) bond motifs is 1. The lowest BCUT2D eigenvalue weighted by Crippen LogP contribution is -2.26. The zero-order chi connectivity index (χ0) is 29.5. The first-order chi connectivity index (χ1) is 19.5. The predicted molar refractivity (Wildman–Crippen MR) is 159 cm³/mol. The van der Waals surface area contributed by atoms with Gasteiger partial charge in [-0.15, -0.1) is 0 Å². The quantitative estimate of drug-likeness (QED) is 0.224. The maximum absolute atomic E-state index is 15.7. The van der Waals surface area contributed by atoms with E-state index in [2.05, 4.69) is 21.1 Å². The highest BCUT2D eigenvalue weighted by Crippen LogP contribution is 2.38. The monoisotopic (exact) mass is 600 g/mol. The molecule has 0 fully saturated rings. The number of benzene rings is 2. The van der Waals surface area contributed by atoms with Crippen LogP contribution in [0.15, 0.2) is 48.7 Å². The van der Waals surface area contributed by atoms with Gasteiger partial charge in [0.2, 0.25) is 10.0 Å². The summed E-state index contributed by atoms with van der Waals surface area (Å²) in [7, 11) is -2.16. The largest absolute Gasteiger partial charge is 0.382 e. The SMILES string of the molecule is CNC1CC=C(c2cnc(N)c3c(-c4ccc(NS(=O)(=O)Cc5ccccc5Cl)c(F)c4F)nc(C(C)C)n23)CC1. The Hall–Kier alpha value is -3.54. The summed E-state index contributed by atoms with van der Waals surface area (Å²) in [5.74, 6) is -2.44. The van der Waals surface area contributed by atoms with E-state index >= 15 is 8.78 Å². The Balaban J connectivity index is 1.57. The van der Waals surface area contributed by atoms with Crippen molar-refractivity contribution < 1.29 is 17.2 Å². The van der Waals surface area contributed by atoms with Gasteiger partial charge in [-0.3, -0.25) is 9.12 Å². The number of hydrogen-bond acceptors (Lipinski definition) is 6. The fraction of sp³-hybridized carbons (Fsp3) is 0.310. The van der Waals surface area contributed by atoms with Crippen LogP contribution in [0.2, 0.25) is 5.02 Å². The molecule has 0 radical (unpaired) electrons. The van der Waals surface area contributed by atoms with Crippen molar-refractivity contribution in [1.29, 1.82) is 0 Å². The van der Waals surface area contributed by atoms with Crippen LogP contribution in [0.1, 0.15) is 56.1 Å². The molecule has 1 atom stereocenters. The molecule has 8 nitrogen and oxygen atoms in total. The van der Waals surface area contributed by atoms with E-state index < -0.39 is 33.1 Å². The van der Waals surface area contributed by atoms with Crippen LogP contribution in [0.4, 0.5) is 20.3 Å². The highest BCUT2D eigenvalue weighted by molar-refractivity contribution is 7.91. The molecule has 0 spiro atoms. The van der Waals surface area contributed by atoms with E-state index in [-0.39, 0.29) is 28.0 Å². The molecule has 0 saturated carbocycles. The molecule has 4 aromatic rings. The first kappa shape index (κ1) is 29.0. The van der Waals surface area contributed by atoms with Gasteiger partial charge in [-0.25, -0.2) is 27.2 Å². The van der Waals surface area contributed by atoms with Crippen LogP contribution >= 0.6 is 11.6 Å². The van der Waals surface area contributed by atoms with Crippen LogP contribution in [-0.4, -0.2) is 35.9 Å². The lowest BCUT2D eigenvalue weighted by atomic mass is 9.93. The van der Waals surface area contributed by atoms with Crippen molar-refractivity contribution in [3.63, 3.8) is 0 Å². The van der Waals surface area contributed by atoms with Crippen LogP contribution in [0.25, 0.3) is 22.3 Å². The number of nitrogen functional groups attached to an aromatic ring is 1. The topological polar surface area (TPSA) is 114 Å². The average Bonchev–Trinajstić information content (AvgIpc) is 3.34. The zero-order valence-corrected chi connectivity index (χ0v) is 24.5. The molecule has 1 aliphatic carbocycles. The highest BCUT2D eigenvalue weighted by Gasteiger charge is 2.27. The van der Waals surface area contributed by atoms with Crippen LogP contribution in [0, 0.1) is 11.6 Å². The highest BCUT2D eigenvalue weighted by atomic mass is 35.5. The molecule has 41 heavy (non-hydrogen) atoms. The predicted octanol–water partition coefficient (Wildman–Crippen LogP) is 6.13. The third-order valence-electron chi connectivity index (χ3n) is 7.28. The molecule has 2 aromatic carbocycles. The Morgan fingerprint density at radius 1 is 1.17 bits per heavy atom. The van der Waals surface area contributed by atoms with Crippen LogP contribution in [0.3, 0.4) is 0 Å². The van der Waals surface area contributed by atoms with Gasteiger partial charge in [-0.05, 0) is 55.6 Å². The van der Waals surface area contributed by atoms with Gasteiger partial charge >= 0.3 is 0 Å². The van der Waals surface area contributed by atoms with Gasteiger partial charge in [0, 0.05) is 22.5 Å². The third kappa shape index (κ3) is 5.66. The number of imidazole rings is 1. The summed E-state index contributed by atoms with van der Waals surface area (Å²) < 4.78 is 60.6. The Kier molecular flexibility index (Phi) is 8.04. The smallest absolute Gasteiger partial charge is 0.237 e. The minimum Gasteiger partial charge on any atom is -0.382 e. The summed E-state index contributed by atoms with van der Waals surface area (Å²) in [6, 6.07) is 9.26. The van der Waals surface area contributed by atoms with Crippen molar-refractivity contribution in [1.82, 2.24) is 19.7 Å². The average molecular weight is 601 g/mol. The van der Waals surface area contributed by atoms with Crippen molar-refractivity contribution in [2.24, 2.45) is 0 Å². The standard InChI is InChI=1S/C29H31ClF2N6O2S/c1-16(2)29-36-26(27-28(33)35-14-23(38(27)29)17-8-10-19(34-3)11-9-17)20-12-13-22(25(32)24(20)31)37-41(39,40)15-18-6-4-5-7-21(18)30/h4-8,12-14,16,19,34,37H,9-11,15H2,1-3H3,(H2,33,35). The Labute approximate surface area is 242 Å². The second-order valence-electron chi connectivity index (χ2n) is 10.4. The van der Waals surface area contributed by atoms with Gasteiger partial charge in [0.25, 0.3) is 0 Å². The fourth-order valence-electron chi connectivity index (χ4n) is 5.13. The van der Waals surface area contributed by atoms with E-state index in [4.69, 9.17) is 22.3 Å². The molecule has 0 aliphatic heterocycles. The Morgan fingerprint density at radius 2 is 1.93 bits per heavy atom. The van der Waals surface area contributed by atoms with Crippen molar-refractivity contribution in [3.05, 3.63) is 82.4 Å². The van der Waals surface area contributed by atoms with E-state index in [1.54, 1.807) is 30.5 Å². The van der Waals surface area contributed by atoms with Crippen LogP contribution < -0.4 is 15.8 Å². The number of nitrogens with one attached hydrogen (secondary N) is 2. The Bertz CT molecular complexity index is 1770. The van der Waals surface area contributed by atoms with Crippen molar-refractivity contribution >= 4 is 44.2 Å². The summed E-state index contributed by atoms with van der Waals surface area (Å²) >= 11 is 6.08. The van der Waals surface area contributed by atoms with Gasteiger partial charge < -0.3 is 11.1 Å². The van der Waals surface area contributed by atoms with Crippen molar-refractivity contribution in [2.45, 2.75) is 50.8 Å². The molecule has 0 bridgehead atoms. The summed E-state index contributed by atoms with van der Waals surface area (Å²) in [5, 5.41) is 3.55. The number of rotatable bonds is 8. The lowest BCUT2D eigenvalue weighted by Gasteiger charge is -2.22. The molecule has 2 heterocycles. The van der Waals surface area contributed by atoms with Gasteiger partial charge in [0.1, 0.15) is 22.9 Å². The number of allylic oxidation sites excluding steroid dienone is 1. The Morgan fingerprint density at radius 3 is 2.59 bits per heavy atom. The normalized spacial score (nSPS) is 15.9. The van der Waals surface area contributed by atoms with Gasteiger partial charge in [-0.2, -0.15) is 0 Å². The molecule has 1 unspecified atom stereocenters. The number of halogens is 3. The molecule has 12 heteroatoms. The first-order valence-corrected chi connectivity index (χ1v) is 15.3. The van der Waals surface area contributed by atoms with E-state index in [9.17, 15) is 8.42 Å². The molecular weight excluding hydrogens is 570 g/mol. The van der Waals surface area contributed by atoms with Gasteiger partial charge in [-0.1, -0.05) is 49.7 Å². The minimum absolute atomic E-state index is 0.0742. The van der Waals surface area contributed by atoms with E-state index in [1.807, 2.05) is 25.3 Å². The summed E-state index contributed by atoms with van der Waals surface area (Å²) in [6.45, 7) is 3.91. The van der Waals surface area contributed by atoms with Gasteiger partial charge in [0.15, 0.2) is 11.6 Å². The molecule has 0 amide bonds. The van der Waals surface area contributed by atoms with Crippen molar-refractivity contribution in [3.8, 4) is 11.3 Å². The minimum atomic E-state index is -4.10. The number of nitrogens with zero attached hydrogens (tertiary/aromatic N) is 3. The molecule has 216 valence electrons. The first-order valence-electron chi connectivity index (χ1n) is 13.3. The molecule has 5 rings (SSSR count). The second kappa shape index (κ2) is 11.4. The maximum Gasteiger partial charge on any atom is 0.237 e. The van der Waals surface area contributed by atoms with E-state index in [0.29, 0.717) is 22.9 Å². The van der Waals surface area contributed by atoms with E-state index in [1.165, 1.54) is 12.1 Å². The summed E-state index contributed by atoms with van der Waals surface area (Å²) in [6.07, 6.45) is 6.46. The molecule has 0 saturated heterocycles. The van der Waals surface area contributed by atoms with Crippen molar-refractivity contribution in [2.75, 3.05) is 17.5 Å². The summed E-state index contributed by atoms with van der Waals surface area (Å²) in [4.78, 5) is 9.11. The zero-order valence-electron chi connectivity index (χ0n) is 22.9. The molecule has 1 aliphatic rings. The maximum atomic E-state index is 15.7. The second-order valence-corrected chi connectivity index (χ2v) is 12.5. The number of nitrogens with two attached hydrogens (primary N) is 1. The number of hydrogen-bond donors (Lipinski definition) is 3. The molecular formula is C29H31ClF2N6O2S. The fourth-order valence-corrected chi connectivity index (χ4v) is 6.64. The molecule has 2 aromatic heterocycles. The lowest BCUT2D eigenvalue weighted by molar-refractivity contribution is 0.514. The van der Waals surface area contributed by atoms with Crippen LogP contribution in [-0.2, 0) is 15.8 Å². The van der Waals surface area contributed by atoms with E-state index in [0.717, 1.165) is 30.5 Å². The number of anilines is 2. The number of aromatic nitrogens is 3. The third-order valence-corrected chi connectivity index (χ3v) is 8.87. The molecule has 4 N–H and O–H groups in total. The summed E-state index contributed by atoms with van der Waals surface area (Å²) in [5.41, 5.74) is 8.35.